The maximum Gasteiger partial charge on any atom is 0.227 e. The number of carbonyl (C=O) groups is 1. The number of nitrogen functional groups attached to an aromatic ring is 1. The molecule has 0 saturated heterocycles. The number of hydrogen-bond acceptors (Lipinski definition) is 5. The zero-order valence-corrected chi connectivity index (χ0v) is 11.7. The van der Waals surface area contributed by atoms with Crippen LogP contribution in [-0.2, 0) is 4.79 Å². The van der Waals surface area contributed by atoms with Gasteiger partial charge < -0.3 is 11.1 Å². The van der Waals surface area contributed by atoms with E-state index >= 15 is 0 Å². The Hall–Kier alpha value is -2.96. The molecule has 7 heteroatoms. The van der Waals surface area contributed by atoms with Gasteiger partial charge in [-0.3, -0.25) is 19.9 Å². The number of aromatic amines is 1. The first-order chi connectivity index (χ1) is 10.7. The highest BCUT2D eigenvalue weighted by molar-refractivity contribution is 5.98. The Kier molecular flexibility index (Phi) is 2.78. The maximum atomic E-state index is 11.9. The van der Waals surface area contributed by atoms with Crippen LogP contribution in [-0.4, -0.2) is 26.1 Å². The van der Waals surface area contributed by atoms with Gasteiger partial charge in [0.05, 0.1) is 16.6 Å². The summed E-state index contributed by atoms with van der Waals surface area (Å²) in [6, 6.07) is 3.60. The zero-order chi connectivity index (χ0) is 15.1. The van der Waals surface area contributed by atoms with Crippen LogP contribution in [0, 0.1) is 5.92 Å². The Labute approximate surface area is 126 Å². The third kappa shape index (κ3) is 2.16. The molecule has 1 fully saturated rings. The predicted octanol–water partition coefficient (Wildman–Crippen LogP) is 1.95. The number of nitrogens with two attached hydrogens (primary N) is 1. The van der Waals surface area contributed by atoms with Gasteiger partial charge >= 0.3 is 0 Å². The highest BCUT2D eigenvalue weighted by Crippen LogP contribution is 2.31. The Morgan fingerprint density at radius 1 is 1.36 bits per heavy atom. The van der Waals surface area contributed by atoms with E-state index in [0.29, 0.717) is 11.5 Å². The molecule has 110 valence electrons. The minimum atomic E-state index is 0.0688. The van der Waals surface area contributed by atoms with Crippen molar-refractivity contribution in [1.82, 2.24) is 20.2 Å². The molecule has 1 saturated carbocycles. The van der Waals surface area contributed by atoms with Crippen LogP contribution in [0.25, 0.3) is 22.2 Å². The highest BCUT2D eigenvalue weighted by atomic mass is 16.2. The van der Waals surface area contributed by atoms with E-state index in [-0.39, 0.29) is 11.8 Å². The van der Waals surface area contributed by atoms with Crippen molar-refractivity contribution in [2.24, 2.45) is 5.92 Å². The summed E-state index contributed by atoms with van der Waals surface area (Å²) >= 11 is 0. The van der Waals surface area contributed by atoms with Gasteiger partial charge in [-0.25, -0.2) is 0 Å². The van der Waals surface area contributed by atoms with Gasteiger partial charge in [0, 0.05) is 35.8 Å². The van der Waals surface area contributed by atoms with Crippen LogP contribution in [0.5, 0.6) is 0 Å². The van der Waals surface area contributed by atoms with Crippen LogP contribution in [0.3, 0.4) is 0 Å². The predicted molar refractivity (Wildman–Crippen MR) is 82.9 cm³/mol. The summed E-state index contributed by atoms with van der Waals surface area (Å²) in [7, 11) is 0. The SMILES string of the molecule is Nc1n[nH]c2c(-c3cc(NC(=O)C4CC4)ccn3)cncc12. The number of anilines is 2. The lowest BCUT2D eigenvalue weighted by molar-refractivity contribution is -0.117. The van der Waals surface area contributed by atoms with Gasteiger partial charge in [0.25, 0.3) is 0 Å². The Morgan fingerprint density at radius 3 is 3.05 bits per heavy atom. The molecule has 0 aliphatic heterocycles. The number of rotatable bonds is 3. The molecule has 22 heavy (non-hydrogen) atoms. The van der Waals surface area contributed by atoms with Gasteiger partial charge in [0.1, 0.15) is 0 Å². The summed E-state index contributed by atoms with van der Waals surface area (Å²) in [6.45, 7) is 0. The fourth-order valence-corrected chi connectivity index (χ4v) is 2.39. The number of amides is 1. The van der Waals surface area contributed by atoms with Crippen molar-refractivity contribution < 1.29 is 4.79 Å². The van der Waals surface area contributed by atoms with Crippen LogP contribution in [0.1, 0.15) is 12.8 Å². The first-order valence-corrected chi connectivity index (χ1v) is 7.07. The van der Waals surface area contributed by atoms with Gasteiger partial charge in [-0.15, -0.1) is 0 Å². The Balaban J connectivity index is 1.73. The molecule has 0 aromatic carbocycles. The Bertz CT molecular complexity index is 867. The summed E-state index contributed by atoms with van der Waals surface area (Å²) in [5.41, 5.74) is 8.81. The summed E-state index contributed by atoms with van der Waals surface area (Å²) in [4.78, 5) is 20.4. The van der Waals surface area contributed by atoms with Gasteiger partial charge in [-0.2, -0.15) is 5.10 Å². The minimum absolute atomic E-state index is 0.0688. The van der Waals surface area contributed by atoms with Crippen LogP contribution < -0.4 is 11.1 Å². The second-order valence-corrected chi connectivity index (χ2v) is 5.41. The third-order valence-electron chi connectivity index (χ3n) is 3.76. The Morgan fingerprint density at radius 2 is 2.23 bits per heavy atom. The number of H-pyrrole nitrogens is 1. The molecule has 3 aromatic heterocycles. The topological polar surface area (TPSA) is 110 Å². The molecule has 1 aliphatic rings. The number of nitrogens with one attached hydrogen (secondary N) is 2. The molecule has 1 aliphatic carbocycles. The molecule has 3 heterocycles. The molecule has 4 rings (SSSR count). The molecule has 0 unspecified atom stereocenters. The van der Waals surface area contributed by atoms with Crippen molar-refractivity contribution in [3.05, 3.63) is 30.7 Å². The van der Waals surface area contributed by atoms with E-state index in [9.17, 15) is 4.79 Å². The molecule has 0 radical (unpaired) electrons. The summed E-state index contributed by atoms with van der Waals surface area (Å²) in [5.74, 6) is 0.635. The number of hydrogen-bond donors (Lipinski definition) is 3. The molecule has 7 nitrogen and oxygen atoms in total. The largest absolute Gasteiger partial charge is 0.382 e. The number of nitrogens with zero attached hydrogens (tertiary/aromatic N) is 3. The summed E-state index contributed by atoms with van der Waals surface area (Å²) in [5, 5.41) is 10.6. The molecular weight excluding hydrogens is 280 g/mol. The number of pyridine rings is 2. The fraction of sp³-hybridized carbons (Fsp3) is 0.200. The maximum absolute atomic E-state index is 11.9. The zero-order valence-electron chi connectivity index (χ0n) is 11.7. The monoisotopic (exact) mass is 294 g/mol. The second-order valence-electron chi connectivity index (χ2n) is 5.41. The van der Waals surface area contributed by atoms with Crippen molar-refractivity contribution >= 4 is 28.3 Å². The van der Waals surface area contributed by atoms with Gasteiger partial charge in [0.2, 0.25) is 5.91 Å². The lowest BCUT2D eigenvalue weighted by Crippen LogP contribution is -2.13. The van der Waals surface area contributed by atoms with Crippen LogP contribution in [0.15, 0.2) is 30.7 Å². The average molecular weight is 294 g/mol. The van der Waals surface area contributed by atoms with E-state index in [1.54, 1.807) is 24.7 Å². The van der Waals surface area contributed by atoms with Gasteiger partial charge in [-0.05, 0) is 25.0 Å². The molecule has 4 N–H and O–H groups in total. The fourth-order valence-electron chi connectivity index (χ4n) is 2.39. The van der Waals surface area contributed by atoms with Crippen LogP contribution >= 0.6 is 0 Å². The minimum Gasteiger partial charge on any atom is -0.382 e. The molecule has 0 atom stereocenters. The van der Waals surface area contributed by atoms with Crippen LogP contribution in [0.4, 0.5) is 11.5 Å². The molecule has 0 bridgehead atoms. The van der Waals surface area contributed by atoms with E-state index in [2.05, 4.69) is 25.5 Å². The quantitative estimate of drug-likeness (QED) is 0.684. The molecular formula is C15H14N6O. The van der Waals surface area contributed by atoms with Crippen molar-refractivity contribution in [3.63, 3.8) is 0 Å². The molecule has 3 aromatic rings. The van der Waals surface area contributed by atoms with E-state index in [4.69, 9.17) is 5.73 Å². The summed E-state index contributed by atoms with van der Waals surface area (Å²) < 4.78 is 0. The van der Waals surface area contributed by atoms with E-state index in [0.717, 1.165) is 35.0 Å². The molecule has 0 spiro atoms. The molecule has 1 amide bonds. The summed E-state index contributed by atoms with van der Waals surface area (Å²) in [6.07, 6.45) is 6.97. The van der Waals surface area contributed by atoms with E-state index in [1.807, 2.05) is 6.07 Å². The standard InChI is InChI=1S/C15H14N6O/c16-14-11-7-17-6-10(13(11)20-21-14)12-5-9(3-4-18-12)19-15(22)8-1-2-8/h3-8H,1-2H2,(H3,16,20,21)(H,18,19,22). The first-order valence-electron chi connectivity index (χ1n) is 7.07. The first kappa shape index (κ1) is 12.8. The number of fused-ring (bicyclic) bond motifs is 1. The highest BCUT2D eigenvalue weighted by Gasteiger charge is 2.29. The van der Waals surface area contributed by atoms with Crippen molar-refractivity contribution in [2.45, 2.75) is 12.8 Å². The lowest BCUT2D eigenvalue weighted by Gasteiger charge is -2.07. The number of aromatic nitrogens is 4. The smallest absolute Gasteiger partial charge is 0.227 e. The second kappa shape index (κ2) is 4.80. The van der Waals surface area contributed by atoms with Gasteiger partial charge in [0.15, 0.2) is 5.82 Å². The van der Waals surface area contributed by atoms with Gasteiger partial charge in [-0.1, -0.05) is 0 Å². The lowest BCUT2D eigenvalue weighted by atomic mass is 10.1. The van der Waals surface area contributed by atoms with E-state index in [1.165, 1.54) is 0 Å². The average Bonchev–Trinajstić information content (AvgIpc) is 3.32. The van der Waals surface area contributed by atoms with Crippen molar-refractivity contribution in [1.29, 1.82) is 0 Å². The number of carbonyl (C=O) groups excluding carboxylic acids is 1. The normalized spacial score (nSPS) is 14.2. The van der Waals surface area contributed by atoms with Crippen molar-refractivity contribution in [3.8, 4) is 11.3 Å². The van der Waals surface area contributed by atoms with E-state index < -0.39 is 0 Å². The van der Waals surface area contributed by atoms with Crippen molar-refractivity contribution in [2.75, 3.05) is 11.1 Å². The third-order valence-corrected chi connectivity index (χ3v) is 3.76. The van der Waals surface area contributed by atoms with Crippen LogP contribution in [0.2, 0.25) is 0 Å².